The summed E-state index contributed by atoms with van der Waals surface area (Å²) in [5, 5.41) is 10.2. The molecule has 2 rings (SSSR count). The molecule has 0 amide bonds. The van der Waals surface area contributed by atoms with Gasteiger partial charge in [0.05, 0.1) is 4.88 Å². The van der Waals surface area contributed by atoms with Crippen LogP contribution in [0.2, 0.25) is 0 Å². The molecule has 0 fully saturated rings. The Labute approximate surface area is 80.6 Å². The molecule has 3 heteroatoms. The van der Waals surface area contributed by atoms with E-state index in [9.17, 15) is 0 Å². The van der Waals surface area contributed by atoms with Gasteiger partial charge in [0, 0.05) is 4.70 Å². The highest BCUT2D eigenvalue weighted by molar-refractivity contribution is 7.19. The molecule has 13 heavy (non-hydrogen) atoms. The largest absolute Gasteiger partial charge is 0.390 e. The van der Waals surface area contributed by atoms with E-state index in [1.165, 1.54) is 10.1 Å². The first-order valence-corrected chi connectivity index (χ1v) is 5.05. The highest BCUT2D eigenvalue weighted by Crippen LogP contribution is 2.27. The quantitative estimate of drug-likeness (QED) is 0.741. The molecular weight excluding hydrogens is 182 g/mol. The number of thiophene rings is 1. The minimum atomic E-state index is 0.0115. The summed E-state index contributed by atoms with van der Waals surface area (Å²) in [6.07, 6.45) is 0. The number of rotatable bonds is 2. The number of hydrogen-bond donors (Lipinski definition) is 2. The van der Waals surface area contributed by atoms with Gasteiger partial charge >= 0.3 is 0 Å². The summed E-state index contributed by atoms with van der Waals surface area (Å²) in [4.78, 5) is 1.16. The molecule has 68 valence electrons. The number of fused-ring (bicyclic) bond motifs is 1. The van der Waals surface area contributed by atoms with E-state index < -0.39 is 0 Å². The fraction of sp³-hybridized carbons (Fsp3) is 0.200. The molecule has 2 aromatic rings. The second-order valence-electron chi connectivity index (χ2n) is 3.07. The number of aliphatic hydroxyl groups is 1. The average Bonchev–Trinajstić information content (AvgIpc) is 2.59. The van der Waals surface area contributed by atoms with Gasteiger partial charge in [-0.3, -0.25) is 0 Å². The predicted octanol–water partition coefficient (Wildman–Crippen LogP) is 1.18. The van der Waals surface area contributed by atoms with Crippen LogP contribution in [0.25, 0.3) is 10.1 Å². The van der Waals surface area contributed by atoms with Gasteiger partial charge in [-0.15, -0.1) is 11.3 Å². The monoisotopic (exact) mass is 194 g/mol. The third kappa shape index (κ3) is 1.58. The number of aliphatic hydroxyl groups excluding tert-OH is 1. The Morgan fingerprint density at radius 1 is 1.38 bits per heavy atom. The van der Waals surface area contributed by atoms with Gasteiger partial charge in [0.1, 0.15) is 12.6 Å². The first kappa shape index (κ1) is 8.69. The predicted molar refractivity (Wildman–Crippen MR) is 54.5 cm³/mol. The van der Waals surface area contributed by atoms with Crippen molar-refractivity contribution in [2.45, 2.75) is 6.04 Å². The van der Waals surface area contributed by atoms with Gasteiger partial charge in [0.25, 0.3) is 0 Å². The van der Waals surface area contributed by atoms with Gasteiger partial charge in [-0.05, 0) is 17.5 Å². The smallest absolute Gasteiger partial charge is 0.143 e. The Morgan fingerprint density at radius 2 is 2.15 bits per heavy atom. The van der Waals surface area contributed by atoms with E-state index in [-0.39, 0.29) is 12.6 Å². The third-order valence-electron chi connectivity index (χ3n) is 2.07. The molecule has 0 unspecified atom stereocenters. The van der Waals surface area contributed by atoms with Crippen LogP contribution in [0.4, 0.5) is 0 Å². The second kappa shape index (κ2) is 3.46. The van der Waals surface area contributed by atoms with Crippen molar-refractivity contribution in [3.63, 3.8) is 0 Å². The van der Waals surface area contributed by atoms with Crippen LogP contribution in [0.15, 0.2) is 30.3 Å². The van der Waals surface area contributed by atoms with Crippen molar-refractivity contribution in [3.8, 4) is 0 Å². The van der Waals surface area contributed by atoms with Crippen LogP contribution in [-0.4, -0.2) is 11.7 Å². The molecule has 0 saturated heterocycles. The summed E-state index contributed by atoms with van der Waals surface area (Å²) in [5.41, 5.74) is 3.88. The number of hydrogen-bond acceptors (Lipinski definition) is 2. The Bertz CT molecular complexity index is 377. The fourth-order valence-corrected chi connectivity index (χ4v) is 2.37. The van der Waals surface area contributed by atoms with Crippen molar-refractivity contribution >= 4 is 21.4 Å². The van der Waals surface area contributed by atoms with E-state index in [0.717, 1.165) is 4.88 Å². The molecule has 0 radical (unpaired) electrons. The molecule has 0 bridgehead atoms. The van der Waals surface area contributed by atoms with Crippen LogP contribution in [0.3, 0.4) is 0 Å². The molecule has 0 aliphatic rings. The summed E-state index contributed by atoms with van der Waals surface area (Å²) in [5.74, 6) is 0. The average molecular weight is 194 g/mol. The van der Waals surface area contributed by atoms with Gasteiger partial charge in [-0.25, -0.2) is 0 Å². The SMILES string of the molecule is [NH3+][C@H](CO)c1cc2ccccc2s1. The van der Waals surface area contributed by atoms with Crippen LogP contribution in [0.5, 0.6) is 0 Å². The summed E-state index contributed by atoms with van der Waals surface area (Å²) >= 11 is 1.71. The zero-order valence-corrected chi connectivity index (χ0v) is 8.05. The van der Waals surface area contributed by atoms with Crippen molar-refractivity contribution < 1.29 is 10.8 Å². The van der Waals surface area contributed by atoms with E-state index in [0.29, 0.717) is 0 Å². The normalized spacial score (nSPS) is 13.4. The molecule has 1 aromatic carbocycles. The Kier molecular flexibility index (Phi) is 2.31. The second-order valence-corrected chi connectivity index (χ2v) is 4.18. The molecule has 1 aromatic heterocycles. The molecule has 0 aliphatic heterocycles. The Hall–Kier alpha value is -0.900. The maximum Gasteiger partial charge on any atom is 0.143 e. The Morgan fingerprint density at radius 3 is 2.85 bits per heavy atom. The lowest BCUT2D eigenvalue weighted by Crippen LogP contribution is -2.54. The molecule has 0 saturated carbocycles. The summed E-state index contributed by atoms with van der Waals surface area (Å²) in [6, 6.07) is 10.3. The Balaban J connectivity index is 2.49. The van der Waals surface area contributed by atoms with Crippen molar-refractivity contribution in [1.29, 1.82) is 0 Å². The molecule has 4 N–H and O–H groups in total. The van der Waals surface area contributed by atoms with E-state index in [4.69, 9.17) is 5.11 Å². The standard InChI is InChI=1S/C10H11NOS/c11-8(6-12)10-5-7-3-1-2-4-9(7)13-10/h1-5,8,12H,6,11H2/p+1/t8-/m1/s1. The van der Waals surface area contributed by atoms with Gasteiger partial charge in [-0.2, -0.15) is 0 Å². The molecule has 2 nitrogen and oxygen atoms in total. The van der Waals surface area contributed by atoms with Crippen LogP contribution in [0.1, 0.15) is 10.9 Å². The first-order chi connectivity index (χ1) is 6.31. The summed E-state index contributed by atoms with van der Waals surface area (Å²) < 4.78 is 1.26. The van der Waals surface area contributed by atoms with Crippen LogP contribution < -0.4 is 5.73 Å². The lowest BCUT2D eigenvalue weighted by molar-refractivity contribution is -0.431. The maximum absolute atomic E-state index is 8.96. The van der Waals surface area contributed by atoms with Crippen LogP contribution >= 0.6 is 11.3 Å². The molecule has 0 spiro atoms. The first-order valence-electron chi connectivity index (χ1n) is 4.23. The molecular formula is C10H12NOS+. The van der Waals surface area contributed by atoms with E-state index in [2.05, 4.69) is 23.9 Å². The number of quaternary nitrogens is 1. The lowest BCUT2D eigenvalue weighted by Gasteiger charge is -1.98. The number of benzene rings is 1. The summed E-state index contributed by atoms with van der Waals surface area (Å²) in [6.45, 7) is 0.118. The minimum absolute atomic E-state index is 0.0115. The zero-order chi connectivity index (χ0) is 9.26. The van der Waals surface area contributed by atoms with Crippen molar-refractivity contribution in [1.82, 2.24) is 0 Å². The van der Waals surface area contributed by atoms with Crippen molar-refractivity contribution in [2.24, 2.45) is 0 Å². The highest BCUT2D eigenvalue weighted by atomic mass is 32.1. The van der Waals surface area contributed by atoms with Crippen LogP contribution in [-0.2, 0) is 0 Å². The van der Waals surface area contributed by atoms with Crippen molar-refractivity contribution in [3.05, 3.63) is 35.2 Å². The fourth-order valence-electron chi connectivity index (χ4n) is 1.29. The van der Waals surface area contributed by atoms with Gasteiger partial charge in [0.15, 0.2) is 0 Å². The van der Waals surface area contributed by atoms with E-state index in [1.54, 1.807) is 11.3 Å². The lowest BCUT2D eigenvalue weighted by atomic mass is 10.2. The molecule has 1 heterocycles. The van der Waals surface area contributed by atoms with Crippen LogP contribution in [0, 0.1) is 0 Å². The molecule has 1 atom stereocenters. The summed E-state index contributed by atoms with van der Waals surface area (Å²) in [7, 11) is 0. The van der Waals surface area contributed by atoms with Crippen molar-refractivity contribution in [2.75, 3.05) is 6.61 Å². The van der Waals surface area contributed by atoms with Gasteiger partial charge in [0.2, 0.25) is 0 Å². The zero-order valence-electron chi connectivity index (χ0n) is 7.23. The van der Waals surface area contributed by atoms with E-state index in [1.807, 2.05) is 12.1 Å². The third-order valence-corrected chi connectivity index (χ3v) is 3.35. The highest BCUT2D eigenvalue weighted by Gasteiger charge is 2.10. The van der Waals surface area contributed by atoms with Gasteiger partial charge < -0.3 is 10.8 Å². The molecule has 0 aliphatic carbocycles. The van der Waals surface area contributed by atoms with Gasteiger partial charge in [-0.1, -0.05) is 18.2 Å². The van der Waals surface area contributed by atoms with E-state index >= 15 is 0 Å². The minimum Gasteiger partial charge on any atom is -0.390 e. The topological polar surface area (TPSA) is 47.9 Å². The maximum atomic E-state index is 8.96.